The first kappa shape index (κ1) is 7.28. The fourth-order valence-electron chi connectivity index (χ4n) is 1.43. The van der Waals surface area contributed by atoms with Crippen molar-refractivity contribution in [3.63, 3.8) is 0 Å². The van der Waals surface area contributed by atoms with Crippen LogP contribution < -0.4 is 5.32 Å². The van der Waals surface area contributed by atoms with Crippen LogP contribution in [-0.4, -0.2) is 12.5 Å². The maximum Gasteiger partial charge on any atom is 0.254 e. The minimum absolute atomic E-state index is 0.212. The largest absolute Gasteiger partial charge is 0.352 e. The fraction of sp³-hybridized carbons (Fsp3) is 0.222. The molecule has 0 radical (unpaired) electrons. The van der Waals surface area contributed by atoms with Crippen LogP contribution in [0.5, 0.6) is 0 Å². The standard InChI is InChI=1S/C9H8FNO/c10-7-3-1-2-6-4-5-11-9(12)8(6)7/h1-3H,4-5H2,(H,11,12). The Kier molecular flexibility index (Phi) is 1.57. The van der Waals surface area contributed by atoms with E-state index in [9.17, 15) is 9.18 Å². The number of halogens is 1. The van der Waals surface area contributed by atoms with Gasteiger partial charge >= 0.3 is 0 Å². The summed E-state index contributed by atoms with van der Waals surface area (Å²) in [7, 11) is 0. The highest BCUT2D eigenvalue weighted by molar-refractivity contribution is 5.96. The summed E-state index contributed by atoms with van der Waals surface area (Å²) in [6, 6.07) is 4.73. The van der Waals surface area contributed by atoms with Gasteiger partial charge < -0.3 is 5.32 Å². The first-order valence-electron chi connectivity index (χ1n) is 3.84. The third-order valence-electron chi connectivity index (χ3n) is 2.01. The Hall–Kier alpha value is -1.38. The molecule has 0 saturated heterocycles. The van der Waals surface area contributed by atoms with E-state index in [4.69, 9.17) is 0 Å². The summed E-state index contributed by atoms with van der Waals surface area (Å²) in [4.78, 5) is 11.2. The minimum atomic E-state index is -0.426. The number of benzene rings is 1. The van der Waals surface area contributed by atoms with Gasteiger partial charge in [0.15, 0.2) is 0 Å². The third-order valence-corrected chi connectivity index (χ3v) is 2.01. The molecular formula is C9H8FNO. The lowest BCUT2D eigenvalue weighted by atomic mass is 10.0. The second-order valence-electron chi connectivity index (χ2n) is 2.78. The molecule has 0 bridgehead atoms. The van der Waals surface area contributed by atoms with Crippen molar-refractivity contribution in [2.24, 2.45) is 0 Å². The summed E-state index contributed by atoms with van der Waals surface area (Å²) >= 11 is 0. The normalized spacial score (nSPS) is 15.2. The highest BCUT2D eigenvalue weighted by Gasteiger charge is 2.19. The van der Waals surface area contributed by atoms with Crippen molar-refractivity contribution in [2.75, 3.05) is 6.54 Å². The van der Waals surface area contributed by atoms with Crippen LogP contribution >= 0.6 is 0 Å². The van der Waals surface area contributed by atoms with Crippen LogP contribution in [0.3, 0.4) is 0 Å². The Morgan fingerprint density at radius 1 is 1.42 bits per heavy atom. The van der Waals surface area contributed by atoms with Crippen molar-refractivity contribution in [2.45, 2.75) is 6.42 Å². The Morgan fingerprint density at radius 2 is 2.25 bits per heavy atom. The highest BCUT2D eigenvalue weighted by Crippen LogP contribution is 2.16. The minimum Gasteiger partial charge on any atom is -0.352 e. The van der Waals surface area contributed by atoms with E-state index in [2.05, 4.69) is 5.32 Å². The topological polar surface area (TPSA) is 29.1 Å². The van der Waals surface area contributed by atoms with E-state index in [1.165, 1.54) is 6.07 Å². The van der Waals surface area contributed by atoms with Gasteiger partial charge in [-0.05, 0) is 18.1 Å². The lowest BCUT2D eigenvalue weighted by Gasteiger charge is -2.15. The zero-order chi connectivity index (χ0) is 8.55. The summed E-state index contributed by atoms with van der Waals surface area (Å²) in [5, 5.41) is 2.60. The van der Waals surface area contributed by atoms with Gasteiger partial charge in [-0.1, -0.05) is 12.1 Å². The van der Waals surface area contributed by atoms with Gasteiger partial charge in [0.05, 0.1) is 5.56 Å². The molecule has 0 fully saturated rings. The maximum atomic E-state index is 13.1. The number of carbonyl (C=O) groups is 1. The molecule has 0 unspecified atom stereocenters. The SMILES string of the molecule is O=C1NCCc2cccc(F)c21. The molecule has 2 nitrogen and oxygen atoms in total. The molecule has 0 atom stereocenters. The second-order valence-corrected chi connectivity index (χ2v) is 2.78. The van der Waals surface area contributed by atoms with E-state index in [1.54, 1.807) is 12.1 Å². The van der Waals surface area contributed by atoms with Gasteiger partial charge in [-0.15, -0.1) is 0 Å². The molecule has 12 heavy (non-hydrogen) atoms. The van der Waals surface area contributed by atoms with Crippen molar-refractivity contribution < 1.29 is 9.18 Å². The van der Waals surface area contributed by atoms with Crippen LogP contribution in [0.4, 0.5) is 4.39 Å². The number of fused-ring (bicyclic) bond motifs is 1. The molecule has 0 aliphatic carbocycles. The Bertz CT molecular complexity index is 335. The van der Waals surface area contributed by atoms with E-state index < -0.39 is 5.82 Å². The molecule has 0 spiro atoms. The smallest absolute Gasteiger partial charge is 0.254 e. The first-order valence-corrected chi connectivity index (χ1v) is 3.84. The molecule has 0 saturated carbocycles. The number of hydrogen-bond acceptors (Lipinski definition) is 1. The van der Waals surface area contributed by atoms with E-state index in [-0.39, 0.29) is 11.5 Å². The number of nitrogens with one attached hydrogen (secondary N) is 1. The van der Waals surface area contributed by atoms with Crippen molar-refractivity contribution in [3.8, 4) is 0 Å². The summed E-state index contributed by atoms with van der Waals surface area (Å²) in [6.07, 6.45) is 0.721. The zero-order valence-corrected chi connectivity index (χ0v) is 6.43. The molecule has 62 valence electrons. The van der Waals surface area contributed by atoms with Crippen LogP contribution in [0.25, 0.3) is 0 Å². The Morgan fingerprint density at radius 3 is 3.00 bits per heavy atom. The Labute approximate surface area is 69.4 Å². The van der Waals surface area contributed by atoms with E-state index in [1.807, 2.05) is 0 Å². The number of rotatable bonds is 0. The molecule has 1 aromatic rings. The van der Waals surface area contributed by atoms with Crippen molar-refractivity contribution in [3.05, 3.63) is 35.1 Å². The summed E-state index contributed by atoms with van der Waals surface area (Å²) in [5.74, 6) is -0.723. The molecule has 1 aliphatic rings. The van der Waals surface area contributed by atoms with Gasteiger partial charge in [-0.2, -0.15) is 0 Å². The molecule has 3 heteroatoms. The molecule has 1 heterocycles. The Balaban J connectivity index is 2.60. The van der Waals surface area contributed by atoms with Crippen LogP contribution in [0.15, 0.2) is 18.2 Å². The van der Waals surface area contributed by atoms with E-state index >= 15 is 0 Å². The quantitative estimate of drug-likeness (QED) is 0.613. The van der Waals surface area contributed by atoms with Crippen LogP contribution in [0, 0.1) is 5.82 Å². The average Bonchev–Trinajstić information content (AvgIpc) is 2.04. The highest BCUT2D eigenvalue weighted by atomic mass is 19.1. The number of amides is 1. The number of hydrogen-bond donors (Lipinski definition) is 1. The van der Waals surface area contributed by atoms with E-state index in [0.717, 1.165) is 12.0 Å². The predicted molar refractivity (Wildman–Crippen MR) is 42.4 cm³/mol. The van der Waals surface area contributed by atoms with Crippen LogP contribution in [-0.2, 0) is 6.42 Å². The van der Waals surface area contributed by atoms with Crippen molar-refractivity contribution >= 4 is 5.91 Å². The molecule has 1 aliphatic heterocycles. The molecule has 1 N–H and O–H groups in total. The van der Waals surface area contributed by atoms with Crippen LogP contribution in [0.1, 0.15) is 15.9 Å². The third kappa shape index (κ3) is 0.978. The lowest BCUT2D eigenvalue weighted by molar-refractivity contribution is 0.0941. The summed E-state index contributed by atoms with van der Waals surface area (Å²) in [6.45, 7) is 0.606. The van der Waals surface area contributed by atoms with Crippen molar-refractivity contribution in [1.29, 1.82) is 0 Å². The van der Waals surface area contributed by atoms with Gasteiger partial charge in [0.25, 0.3) is 5.91 Å². The van der Waals surface area contributed by atoms with Crippen molar-refractivity contribution in [1.82, 2.24) is 5.32 Å². The van der Waals surface area contributed by atoms with Gasteiger partial charge in [-0.25, -0.2) is 4.39 Å². The predicted octanol–water partition coefficient (Wildman–Crippen LogP) is 1.11. The summed E-state index contributed by atoms with van der Waals surface area (Å²) < 4.78 is 13.1. The molecule has 1 aromatic carbocycles. The zero-order valence-electron chi connectivity index (χ0n) is 6.43. The molecule has 2 rings (SSSR count). The molecular weight excluding hydrogens is 157 g/mol. The maximum absolute atomic E-state index is 13.1. The number of carbonyl (C=O) groups excluding carboxylic acids is 1. The van der Waals surface area contributed by atoms with Gasteiger partial charge in [0.1, 0.15) is 5.82 Å². The van der Waals surface area contributed by atoms with Gasteiger partial charge in [0.2, 0.25) is 0 Å². The first-order chi connectivity index (χ1) is 5.79. The van der Waals surface area contributed by atoms with Gasteiger partial charge in [0, 0.05) is 6.54 Å². The van der Waals surface area contributed by atoms with Crippen LogP contribution in [0.2, 0.25) is 0 Å². The van der Waals surface area contributed by atoms with E-state index in [0.29, 0.717) is 6.54 Å². The fourth-order valence-corrected chi connectivity index (χ4v) is 1.43. The van der Waals surface area contributed by atoms with Gasteiger partial charge in [-0.3, -0.25) is 4.79 Å². The average molecular weight is 165 g/mol. The lowest BCUT2D eigenvalue weighted by Crippen LogP contribution is -2.32. The monoisotopic (exact) mass is 165 g/mol. The summed E-state index contributed by atoms with van der Waals surface area (Å²) in [5.41, 5.74) is 1.02. The molecule has 1 amide bonds. The molecule has 0 aromatic heterocycles. The second kappa shape index (κ2) is 2.59.